The Labute approximate surface area is 148 Å². The van der Waals surface area contributed by atoms with Gasteiger partial charge >= 0.3 is 0 Å². The lowest BCUT2D eigenvalue weighted by atomic mass is 10.2. The number of nitrogens with zero attached hydrogens (tertiary/aromatic N) is 1. The fraction of sp³-hybridized carbons (Fsp3) is 0.111. The third-order valence-electron chi connectivity index (χ3n) is 3.43. The molecule has 0 spiro atoms. The molecule has 0 aromatic heterocycles. The van der Waals surface area contributed by atoms with Crippen LogP contribution in [0.2, 0.25) is 0 Å². The number of carbonyl (C=O) groups is 1. The van der Waals surface area contributed by atoms with E-state index in [0.717, 1.165) is 22.9 Å². The summed E-state index contributed by atoms with van der Waals surface area (Å²) in [4.78, 5) is 15.8. The number of rotatable bonds is 5. The molecule has 3 rings (SSSR count). The fourth-order valence-corrected chi connectivity index (χ4v) is 2.90. The Balaban J connectivity index is 1.79. The van der Waals surface area contributed by atoms with E-state index in [1.165, 1.54) is 12.1 Å². The van der Waals surface area contributed by atoms with Crippen LogP contribution in [0.5, 0.6) is 11.5 Å². The molecule has 0 saturated heterocycles. The number of nitrogens with two attached hydrogens (primary N) is 1. The molecular weight excluding hydrogens is 343 g/mol. The molecule has 5 nitrogen and oxygen atoms in total. The first kappa shape index (κ1) is 17.0. The molecule has 0 saturated carbocycles. The van der Waals surface area contributed by atoms with Gasteiger partial charge in [-0.15, -0.1) is 0 Å². The number of hydrogen-bond acceptors (Lipinski definition) is 5. The number of carbonyl (C=O) groups excluding carboxylic acids is 1. The number of aliphatic imine (C=N–C) groups is 1. The monoisotopic (exact) mass is 358 g/mol. The molecule has 1 amide bonds. The number of benzene rings is 2. The van der Waals surface area contributed by atoms with E-state index in [-0.39, 0.29) is 23.5 Å². The first-order valence-electron chi connectivity index (χ1n) is 7.38. The lowest BCUT2D eigenvalue weighted by Crippen LogP contribution is -2.01. The normalized spacial score (nSPS) is 15.4. The van der Waals surface area contributed by atoms with E-state index in [2.05, 4.69) is 4.99 Å². The van der Waals surface area contributed by atoms with Gasteiger partial charge in [-0.05, 0) is 53.2 Å². The molecular formula is C18H15FN2O3S. The molecule has 1 aliphatic heterocycles. The van der Waals surface area contributed by atoms with Gasteiger partial charge < -0.3 is 15.2 Å². The van der Waals surface area contributed by atoms with Crippen molar-refractivity contribution >= 4 is 28.9 Å². The Morgan fingerprint density at radius 3 is 2.60 bits per heavy atom. The van der Waals surface area contributed by atoms with Crippen LogP contribution in [0.1, 0.15) is 11.1 Å². The van der Waals surface area contributed by atoms with Crippen molar-refractivity contribution in [3.05, 3.63) is 64.3 Å². The van der Waals surface area contributed by atoms with Crippen LogP contribution in [-0.2, 0) is 11.4 Å². The van der Waals surface area contributed by atoms with Gasteiger partial charge in [0, 0.05) is 0 Å². The van der Waals surface area contributed by atoms with E-state index in [0.29, 0.717) is 16.4 Å². The van der Waals surface area contributed by atoms with Crippen LogP contribution in [0.4, 0.5) is 4.39 Å². The zero-order chi connectivity index (χ0) is 17.8. The Hall–Kier alpha value is -2.80. The van der Waals surface area contributed by atoms with Gasteiger partial charge in [-0.1, -0.05) is 18.2 Å². The van der Waals surface area contributed by atoms with Crippen molar-refractivity contribution in [1.29, 1.82) is 0 Å². The fourth-order valence-electron chi connectivity index (χ4n) is 2.21. The summed E-state index contributed by atoms with van der Waals surface area (Å²) in [6.07, 6.45) is 1.69. The molecule has 2 aromatic rings. The maximum absolute atomic E-state index is 13.0. The van der Waals surface area contributed by atoms with E-state index in [9.17, 15) is 9.18 Å². The van der Waals surface area contributed by atoms with Gasteiger partial charge in [0.15, 0.2) is 16.7 Å². The van der Waals surface area contributed by atoms with Gasteiger partial charge in [0.05, 0.1) is 12.0 Å². The predicted molar refractivity (Wildman–Crippen MR) is 95.9 cm³/mol. The second-order valence-electron chi connectivity index (χ2n) is 5.19. The standard InChI is InChI=1S/C18H15FN2O3S/c1-23-14-7-4-12(9-16-17(22)21-18(20)25-16)8-15(14)24-10-11-2-5-13(19)6-3-11/h2-9H,10H2,1H3,(H2,20,21,22)/b16-9-. The molecule has 25 heavy (non-hydrogen) atoms. The molecule has 1 heterocycles. The molecule has 0 radical (unpaired) electrons. The average molecular weight is 358 g/mol. The second-order valence-corrected chi connectivity index (χ2v) is 6.25. The van der Waals surface area contributed by atoms with E-state index in [1.807, 2.05) is 0 Å². The number of ether oxygens (including phenoxy) is 2. The highest BCUT2D eigenvalue weighted by Gasteiger charge is 2.19. The van der Waals surface area contributed by atoms with Crippen molar-refractivity contribution in [1.82, 2.24) is 0 Å². The largest absolute Gasteiger partial charge is 0.493 e. The number of thioether (sulfide) groups is 1. The molecule has 2 N–H and O–H groups in total. The minimum atomic E-state index is -0.355. The number of hydrogen-bond donors (Lipinski definition) is 1. The minimum Gasteiger partial charge on any atom is -0.493 e. The van der Waals surface area contributed by atoms with Crippen molar-refractivity contribution in [2.45, 2.75) is 6.61 Å². The van der Waals surface area contributed by atoms with Crippen LogP contribution in [0, 0.1) is 5.82 Å². The van der Waals surface area contributed by atoms with Crippen LogP contribution >= 0.6 is 11.8 Å². The molecule has 7 heteroatoms. The summed E-state index contributed by atoms with van der Waals surface area (Å²) in [5.41, 5.74) is 7.14. The summed E-state index contributed by atoms with van der Waals surface area (Å²) in [5, 5.41) is 0.234. The molecule has 0 fully saturated rings. The van der Waals surface area contributed by atoms with E-state index < -0.39 is 0 Å². The topological polar surface area (TPSA) is 73.9 Å². The van der Waals surface area contributed by atoms with Gasteiger partial charge in [0.1, 0.15) is 12.4 Å². The van der Waals surface area contributed by atoms with Gasteiger partial charge in [-0.25, -0.2) is 4.39 Å². The first-order chi connectivity index (χ1) is 12.0. The molecule has 0 bridgehead atoms. The van der Waals surface area contributed by atoms with E-state index in [4.69, 9.17) is 15.2 Å². The molecule has 0 aliphatic carbocycles. The Kier molecular flexibility index (Phi) is 5.04. The number of halogens is 1. The third kappa shape index (κ3) is 4.19. The summed E-state index contributed by atoms with van der Waals surface area (Å²) < 4.78 is 24.0. The van der Waals surface area contributed by atoms with Crippen molar-refractivity contribution in [2.75, 3.05) is 7.11 Å². The molecule has 128 valence electrons. The van der Waals surface area contributed by atoms with Crippen molar-refractivity contribution < 1.29 is 18.7 Å². The highest BCUT2D eigenvalue weighted by Crippen LogP contribution is 2.32. The second kappa shape index (κ2) is 7.40. The van der Waals surface area contributed by atoms with Crippen LogP contribution in [0.25, 0.3) is 6.08 Å². The smallest absolute Gasteiger partial charge is 0.286 e. The summed E-state index contributed by atoms with van der Waals surface area (Å²) in [7, 11) is 1.54. The van der Waals surface area contributed by atoms with Gasteiger partial charge in [0.2, 0.25) is 0 Å². The lowest BCUT2D eigenvalue weighted by Gasteiger charge is -2.11. The number of methoxy groups -OCH3 is 1. The maximum Gasteiger partial charge on any atom is 0.286 e. The van der Waals surface area contributed by atoms with Gasteiger partial charge in [-0.3, -0.25) is 4.79 Å². The highest BCUT2D eigenvalue weighted by molar-refractivity contribution is 8.18. The quantitative estimate of drug-likeness (QED) is 0.830. The summed E-state index contributed by atoms with van der Waals surface area (Å²) >= 11 is 1.13. The third-order valence-corrected chi connectivity index (χ3v) is 4.24. The molecule has 2 aromatic carbocycles. The van der Waals surface area contributed by atoms with Crippen LogP contribution in [-0.4, -0.2) is 18.2 Å². The number of amides is 1. The van der Waals surface area contributed by atoms with Crippen LogP contribution in [0.3, 0.4) is 0 Å². The molecule has 0 unspecified atom stereocenters. The van der Waals surface area contributed by atoms with Gasteiger partial charge in [-0.2, -0.15) is 4.99 Å². The van der Waals surface area contributed by atoms with Gasteiger partial charge in [0.25, 0.3) is 5.91 Å². The first-order valence-corrected chi connectivity index (χ1v) is 8.20. The van der Waals surface area contributed by atoms with E-state index in [1.54, 1.807) is 43.5 Å². The minimum absolute atomic E-state index is 0.234. The SMILES string of the molecule is COc1ccc(/C=C2\SC(N)=NC2=O)cc1OCc1ccc(F)cc1. The van der Waals surface area contributed by atoms with E-state index >= 15 is 0 Å². The zero-order valence-corrected chi connectivity index (χ0v) is 14.2. The van der Waals surface area contributed by atoms with Crippen molar-refractivity contribution in [3.8, 4) is 11.5 Å². The maximum atomic E-state index is 13.0. The molecule has 0 atom stereocenters. The Morgan fingerprint density at radius 1 is 1.20 bits per heavy atom. The highest BCUT2D eigenvalue weighted by atomic mass is 32.2. The summed E-state index contributed by atoms with van der Waals surface area (Å²) in [6.45, 7) is 0.264. The predicted octanol–water partition coefficient (Wildman–Crippen LogP) is 3.34. The Morgan fingerprint density at radius 2 is 1.96 bits per heavy atom. The average Bonchev–Trinajstić information content (AvgIpc) is 2.92. The lowest BCUT2D eigenvalue weighted by molar-refractivity contribution is -0.113. The number of amidine groups is 1. The summed E-state index contributed by atoms with van der Waals surface area (Å²) in [6, 6.07) is 11.4. The van der Waals surface area contributed by atoms with Crippen molar-refractivity contribution in [2.24, 2.45) is 10.7 Å². The Bertz CT molecular complexity index is 863. The van der Waals surface area contributed by atoms with Crippen molar-refractivity contribution in [3.63, 3.8) is 0 Å². The zero-order valence-electron chi connectivity index (χ0n) is 13.4. The van der Waals surface area contributed by atoms with Crippen LogP contribution in [0.15, 0.2) is 52.4 Å². The summed E-state index contributed by atoms with van der Waals surface area (Å²) in [5.74, 6) is 0.429. The molecule has 1 aliphatic rings. The van der Waals surface area contributed by atoms with Crippen LogP contribution < -0.4 is 15.2 Å².